The molecule has 0 aromatic heterocycles. The number of benzene rings is 2. The largest absolute Gasteiger partial charge is 0.490 e. The first-order valence-corrected chi connectivity index (χ1v) is 10.2. The van der Waals surface area contributed by atoms with Gasteiger partial charge in [-0.1, -0.05) is 18.2 Å². The molecule has 0 unspecified atom stereocenters. The van der Waals surface area contributed by atoms with E-state index in [1.807, 2.05) is 62.4 Å². The second kappa shape index (κ2) is 9.10. The SMILES string of the molecule is CCOc1cc(/C=C2\SC(=Nc3ccccc3)NC2=O)cc(Br)c1OCC. The normalized spacial score (nSPS) is 16.6. The fraction of sp³-hybridized carbons (Fsp3) is 0.200. The third-order valence-electron chi connectivity index (χ3n) is 3.56. The molecule has 1 fully saturated rings. The molecular weight excluding hydrogens is 428 g/mol. The number of carbonyl (C=O) groups excluding carboxylic acids is 1. The molecule has 1 heterocycles. The molecule has 0 bridgehead atoms. The Balaban J connectivity index is 1.88. The molecule has 1 aliphatic rings. The molecule has 27 heavy (non-hydrogen) atoms. The molecule has 2 aromatic rings. The van der Waals surface area contributed by atoms with Crippen LogP contribution in [0.4, 0.5) is 5.69 Å². The number of amides is 1. The number of thioether (sulfide) groups is 1. The van der Waals surface area contributed by atoms with E-state index in [-0.39, 0.29) is 5.91 Å². The molecule has 0 radical (unpaired) electrons. The summed E-state index contributed by atoms with van der Waals surface area (Å²) in [4.78, 5) is 17.3. The van der Waals surface area contributed by atoms with Gasteiger partial charge in [0.15, 0.2) is 16.7 Å². The van der Waals surface area contributed by atoms with Gasteiger partial charge >= 0.3 is 0 Å². The molecular formula is C20H19BrN2O3S. The van der Waals surface area contributed by atoms with Gasteiger partial charge in [0.25, 0.3) is 5.91 Å². The summed E-state index contributed by atoms with van der Waals surface area (Å²) < 4.78 is 12.1. The summed E-state index contributed by atoms with van der Waals surface area (Å²) in [5.41, 5.74) is 1.64. The molecule has 0 saturated carbocycles. The van der Waals surface area contributed by atoms with Crippen molar-refractivity contribution in [1.29, 1.82) is 0 Å². The van der Waals surface area contributed by atoms with E-state index < -0.39 is 0 Å². The minimum atomic E-state index is -0.169. The summed E-state index contributed by atoms with van der Waals surface area (Å²) >= 11 is 4.84. The van der Waals surface area contributed by atoms with Gasteiger partial charge in [0, 0.05) is 0 Å². The fourth-order valence-electron chi connectivity index (χ4n) is 2.47. The standard InChI is InChI=1S/C20H19BrN2O3S/c1-3-25-16-11-13(10-15(21)18(16)26-4-2)12-17-19(24)23-20(27-17)22-14-8-6-5-7-9-14/h5-12H,3-4H2,1-2H3,(H,22,23,24)/b17-12-. The predicted octanol–water partition coefficient (Wildman–Crippen LogP) is 5.14. The summed E-state index contributed by atoms with van der Waals surface area (Å²) in [5.74, 6) is 1.14. The lowest BCUT2D eigenvalue weighted by Crippen LogP contribution is -2.19. The monoisotopic (exact) mass is 446 g/mol. The van der Waals surface area contributed by atoms with Crippen molar-refractivity contribution < 1.29 is 14.3 Å². The minimum absolute atomic E-state index is 0.169. The molecule has 1 amide bonds. The first kappa shape index (κ1) is 19.5. The maximum absolute atomic E-state index is 12.3. The number of amidine groups is 1. The molecule has 1 N–H and O–H groups in total. The van der Waals surface area contributed by atoms with Gasteiger partial charge in [-0.05, 0) is 77.4 Å². The lowest BCUT2D eigenvalue weighted by molar-refractivity contribution is -0.115. The molecule has 5 nitrogen and oxygen atoms in total. The number of aliphatic imine (C=N–C) groups is 1. The van der Waals surface area contributed by atoms with Crippen molar-refractivity contribution in [3.63, 3.8) is 0 Å². The van der Waals surface area contributed by atoms with Crippen molar-refractivity contribution in [3.8, 4) is 11.5 Å². The zero-order chi connectivity index (χ0) is 19.2. The number of carbonyl (C=O) groups is 1. The topological polar surface area (TPSA) is 59.9 Å². The molecule has 7 heteroatoms. The first-order valence-electron chi connectivity index (χ1n) is 8.54. The Morgan fingerprint density at radius 2 is 1.89 bits per heavy atom. The van der Waals surface area contributed by atoms with Gasteiger partial charge in [0.2, 0.25) is 0 Å². The molecule has 140 valence electrons. The Kier molecular flexibility index (Phi) is 6.58. The second-order valence-electron chi connectivity index (χ2n) is 5.51. The average Bonchev–Trinajstić information content (AvgIpc) is 2.98. The predicted molar refractivity (Wildman–Crippen MR) is 114 cm³/mol. The van der Waals surface area contributed by atoms with E-state index in [1.54, 1.807) is 0 Å². The molecule has 0 spiro atoms. The van der Waals surface area contributed by atoms with Crippen LogP contribution >= 0.6 is 27.7 Å². The molecule has 1 saturated heterocycles. The average molecular weight is 447 g/mol. The highest BCUT2D eigenvalue weighted by molar-refractivity contribution is 9.10. The highest BCUT2D eigenvalue weighted by Gasteiger charge is 2.24. The maximum Gasteiger partial charge on any atom is 0.264 e. The van der Waals surface area contributed by atoms with Crippen molar-refractivity contribution in [2.45, 2.75) is 13.8 Å². The van der Waals surface area contributed by atoms with E-state index in [2.05, 4.69) is 26.2 Å². The van der Waals surface area contributed by atoms with Crippen molar-refractivity contribution in [2.75, 3.05) is 13.2 Å². The third kappa shape index (κ3) is 4.93. The Morgan fingerprint density at radius 1 is 1.15 bits per heavy atom. The van der Waals surface area contributed by atoms with Crippen LogP contribution in [0.15, 0.2) is 56.8 Å². The quantitative estimate of drug-likeness (QED) is 0.624. The Bertz CT molecular complexity index is 898. The lowest BCUT2D eigenvalue weighted by Gasteiger charge is -2.13. The van der Waals surface area contributed by atoms with Crippen LogP contribution in [-0.4, -0.2) is 24.3 Å². The Labute approximate surface area is 171 Å². The van der Waals surface area contributed by atoms with Gasteiger partial charge in [0.05, 0.1) is 28.3 Å². The van der Waals surface area contributed by atoms with Crippen LogP contribution in [0, 0.1) is 0 Å². The van der Waals surface area contributed by atoms with E-state index in [4.69, 9.17) is 9.47 Å². The van der Waals surface area contributed by atoms with Gasteiger partial charge in [-0.15, -0.1) is 0 Å². The summed E-state index contributed by atoms with van der Waals surface area (Å²) in [7, 11) is 0. The van der Waals surface area contributed by atoms with E-state index in [9.17, 15) is 4.79 Å². The van der Waals surface area contributed by atoms with Gasteiger partial charge in [-0.3, -0.25) is 4.79 Å². The van der Waals surface area contributed by atoms with Gasteiger partial charge < -0.3 is 14.8 Å². The number of nitrogens with zero attached hydrogens (tertiary/aromatic N) is 1. The summed E-state index contributed by atoms with van der Waals surface area (Å²) in [5, 5.41) is 3.36. The van der Waals surface area contributed by atoms with E-state index >= 15 is 0 Å². The van der Waals surface area contributed by atoms with E-state index in [0.29, 0.717) is 34.8 Å². The number of ether oxygens (including phenoxy) is 2. The summed E-state index contributed by atoms with van der Waals surface area (Å²) in [6, 6.07) is 13.3. The lowest BCUT2D eigenvalue weighted by atomic mass is 10.2. The molecule has 2 aromatic carbocycles. The molecule has 1 aliphatic heterocycles. The highest BCUT2D eigenvalue weighted by Crippen LogP contribution is 2.38. The van der Waals surface area contributed by atoms with Crippen LogP contribution in [0.25, 0.3) is 6.08 Å². The number of hydrogen-bond donors (Lipinski definition) is 1. The molecule has 0 aliphatic carbocycles. The van der Waals surface area contributed by atoms with Crippen LogP contribution in [0.1, 0.15) is 19.4 Å². The smallest absolute Gasteiger partial charge is 0.264 e. The number of nitrogens with one attached hydrogen (secondary N) is 1. The number of rotatable bonds is 6. The summed E-state index contributed by atoms with van der Waals surface area (Å²) in [6.07, 6.45) is 1.82. The molecule has 0 atom stereocenters. The van der Waals surface area contributed by atoms with Gasteiger partial charge in [0.1, 0.15) is 0 Å². The maximum atomic E-state index is 12.3. The van der Waals surface area contributed by atoms with Crippen LogP contribution in [0.3, 0.4) is 0 Å². The number of hydrogen-bond acceptors (Lipinski definition) is 5. The minimum Gasteiger partial charge on any atom is -0.490 e. The fourth-order valence-corrected chi connectivity index (χ4v) is 3.89. The van der Waals surface area contributed by atoms with Crippen molar-refractivity contribution in [2.24, 2.45) is 4.99 Å². The molecule has 3 rings (SSSR count). The van der Waals surface area contributed by atoms with E-state index in [1.165, 1.54) is 11.8 Å². The van der Waals surface area contributed by atoms with E-state index in [0.717, 1.165) is 15.7 Å². The number of halogens is 1. The first-order chi connectivity index (χ1) is 13.1. The Morgan fingerprint density at radius 3 is 2.59 bits per heavy atom. The van der Waals surface area contributed by atoms with Crippen molar-refractivity contribution >= 4 is 50.5 Å². The number of para-hydroxylation sites is 1. The zero-order valence-electron chi connectivity index (χ0n) is 15.0. The van der Waals surface area contributed by atoms with Crippen LogP contribution in [-0.2, 0) is 4.79 Å². The van der Waals surface area contributed by atoms with Gasteiger partial charge in [-0.2, -0.15) is 0 Å². The Hall–Kier alpha value is -2.25. The summed E-state index contributed by atoms with van der Waals surface area (Å²) in [6.45, 7) is 4.90. The van der Waals surface area contributed by atoms with Crippen molar-refractivity contribution in [3.05, 3.63) is 57.4 Å². The third-order valence-corrected chi connectivity index (χ3v) is 5.05. The van der Waals surface area contributed by atoms with Crippen LogP contribution in [0.5, 0.6) is 11.5 Å². The highest BCUT2D eigenvalue weighted by atomic mass is 79.9. The van der Waals surface area contributed by atoms with Gasteiger partial charge in [-0.25, -0.2) is 4.99 Å². The zero-order valence-corrected chi connectivity index (χ0v) is 17.4. The van der Waals surface area contributed by atoms with Crippen LogP contribution < -0.4 is 14.8 Å². The van der Waals surface area contributed by atoms with Crippen molar-refractivity contribution in [1.82, 2.24) is 5.32 Å². The second-order valence-corrected chi connectivity index (χ2v) is 7.40. The van der Waals surface area contributed by atoms with Crippen LogP contribution in [0.2, 0.25) is 0 Å².